The number of sulfonamides is 1. The van der Waals surface area contributed by atoms with Crippen molar-refractivity contribution in [2.75, 3.05) is 7.11 Å². The Kier molecular flexibility index (Phi) is 4.87. The third kappa shape index (κ3) is 3.31. The van der Waals surface area contributed by atoms with Crippen molar-refractivity contribution < 1.29 is 17.7 Å². The van der Waals surface area contributed by atoms with Crippen LogP contribution in [0.15, 0.2) is 33.7 Å². The SMILES string of the molecule is CCC(NS(=O)(=O)c1c(C)noc1C)c1ccc(OC)cc1. The van der Waals surface area contributed by atoms with Gasteiger partial charge < -0.3 is 9.26 Å². The summed E-state index contributed by atoms with van der Waals surface area (Å²) >= 11 is 0. The van der Waals surface area contributed by atoms with E-state index in [2.05, 4.69) is 9.88 Å². The van der Waals surface area contributed by atoms with Crippen molar-refractivity contribution in [3.63, 3.8) is 0 Å². The van der Waals surface area contributed by atoms with Crippen LogP contribution in [0.4, 0.5) is 0 Å². The monoisotopic (exact) mass is 324 g/mol. The molecular formula is C15H20N2O4S. The van der Waals surface area contributed by atoms with E-state index in [1.807, 2.05) is 31.2 Å². The van der Waals surface area contributed by atoms with E-state index in [0.717, 1.165) is 11.3 Å². The molecule has 0 saturated heterocycles. The van der Waals surface area contributed by atoms with Crippen LogP contribution in [0.1, 0.15) is 36.4 Å². The van der Waals surface area contributed by atoms with E-state index in [4.69, 9.17) is 9.26 Å². The summed E-state index contributed by atoms with van der Waals surface area (Å²) in [6.45, 7) is 5.12. The Morgan fingerprint density at radius 3 is 2.36 bits per heavy atom. The number of aromatic nitrogens is 1. The molecule has 0 radical (unpaired) electrons. The minimum absolute atomic E-state index is 0.111. The minimum atomic E-state index is -3.69. The first kappa shape index (κ1) is 16.5. The van der Waals surface area contributed by atoms with Crippen molar-refractivity contribution in [3.05, 3.63) is 41.3 Å². The van der Waals surface area contributed by atoms with Crippen LogP contribution in [-0.2, 0) is 10.0 Å². The summed E-state index contributed by atoms with van der Waals surface area (Å²) in [6.07, 6.45) is 0.620. The van der Waals surface area contributed by atoms with Crippen molar-refractivity contribution in [2.45, 2.75) is 38.1 Å². The zero-order valence-corrected chi connectivity index (χ0v) is 13.9. The summed E-state index contributed by atoms with van der Waals surface area (Å²) < 4.78 is 37.9. The van der Waals surface area contributed by atoms with Crippen molar-refractivity contribution in [1.82, 2.24) is 9.88 Å². The lowest BCUT2D eigenvalue weighted by molar-refractivity contribution is 0.390. The predicted molar refractivity (Wildman–Crippen MR) is 82.3 cm³/mol. The van der Waals surface area contributed by atoms with Gasteiger partial charge in [0.2, 0.25) is 10.0 Å². The normalized spacial score (nSPS) is 13.1. The van der Waals surface area contributed by atoms with Gasteiger partial charge in [0.15, 0.2) is 5.76 Å². The highest BCUT2D eigenvalue weighted by Gasteiger charge is 2.27. The number of rotatable bonds is 6. The van der Waals surface area contributed by atoms with E-state index >= 15 is 0 Å². The number of benzene rings is 1. The molecule has 2 aromatic rings. The molecule has 1 aromatic carbocycles. The Morgan fingerprint density at radius 2 is 1.91 bits per heavy atom. The number of nitrogens with zero attached hydrogens (tertiary/aromatic N) is 1. The Balaban J connectivity index is 2.29. The molecule has 0 bridgehead atoms. The largest absolute Gasteiger partial charge is 0.497 e. The molecule has 0 aliphatic heterocycles. The van der Waals surface area contributed by atoms with Crippen LogP contribution in [0.3, 0.4) is 0 Å². The number of hydrogen-bond donors (Lipinski definition) is 1. The lowest BCUT2D eigenvalue weighted by atomic mass is 10.1. The molecule has 1 unspecified atom stereocenters. The molecule has 0 fully saturated rings. The van der Waals surface area contributed by atoms with Gasteiger partial charge in [0.25, 0.3) is 0 Å². The fraction of sp³-hybridized carbons (Fsp3) is 0.400. The van der Waals surface area contributed by atoms with Crippen molar-refractivity contribution >= 4 is 10.0 Å². The molecule has 7 heteroatoms. The van der Waals surface area contributed by atoms with Gasteiger partial charge in [-0.3, -0.25) is 0 Å². The number of aryl methyl sites for hydroxylation is 2. The molecule has 120 valence electrons. The number of methoxy groups -OCH3 is 1. The molecule has 22 heavy (non-hydrogen) atoms. The topological polar surface area (TPSA) is 81.4 Å². The maximum atomic E-state index is 12.6. The molecule has 0 amide bonds. The van der Waals surface area contributed by atoms with E-state index in [9.17, 15) is 8.42 Å². The molecule has 1 heterocycles. The second-order valence-electron chi connectivity index (χ2n) is 5.01. The van der Waals surface area contributed by atoms with Crippen LogP contribution in [-0.4, -0.2) is 20.7 Å². The van der Waals surface area contributed by atoms with Gasteiger partial charge in [-0.15, -0.1) is 0 Å². The van der Waals surface area contributed by atoms with Gasteiger partial charge in [-0.05, 0) is 38.0 Å². The molecule has 1 atom stereocenters. The number of ether oxygens (including phenoxy) is 1. The molecule has 1 N–H and O–H groups in total. The first-order valence-corrected chi connectivity index (χ1v) is 8.46. The van der Waals surface area contributed by atoms with E-state index in [0.29, 0.717) is 12.1 Å². The second-order valence-corrected chi connectivity index (χ2v) is 6.66. The van der Waals surface area contributed by atoms with Crippen LogP contribution in [0.2, 0.25) is 0 Å². The van der Waals surface area contributed by atoms with Crippen LogP contribution < -0.4 is 9.46 Å². The van der Waals surface area contributed by atoms with E-state index in [1.165, 1.54) is 0 Å². The highest BCUT2D eigenvalue weighted by atomic mass is 32.2. The second kappa shape index (κ2) is 6.50. The molecule has 1 aromatic heterocycles. The lowest BCUT2D eigenvalue weighted by Gasteiger charge is -2.17. The predicted octanol–water partition coefficient (Wildman–Crippen LogP) is 2.73. The zero-order chi connectivity index (χ0) is 16.3. The zero-order valence-electron chi connectivity index (χ0n) is 13.1. The number of hydrogen-bond acceptors (Lipinski definition) is 5. The first-order valence-electron chi connectivity index (χ1n) is 6.98. The van der Waals surface area contributed by atoms with Gasteiger partial charge in [0, 0.05) is 6.04 Å². The van der Waals surface area contributed by atoms with E-state index < -0.39 is 10.0 Å². The Morgan fingerprint density at radius 1 is 1.27 bits per heavy atom. The molecular weight excluding hydrogens is 304 g/mol. The average molecular weight is 324 g/mol. The summed E-state index contributed by atoms with van der Waals surface area (Å²) in [5, 5.41) is 3.70. The van der Waals surface area contributed by atoms with Gasteiger partial charge in [0.1, 0.15) is 16.3 Å². The summed E-state index contributed by atoms with van der Waals surface area (Å²) in [5.74, 6) is 1.02. The third-order valence-electron chi connectivity index (χ3n) is 3.46. The van der Waals surface area contributed by atoms with Gasteiger partial charge in [-0.2, -0.15) is 0 Å². The summed E-state index contributed by atoms with van der Waals surface area (Å²) in [5.41, 5.74) is 1.23. The standard InChI is InChI=1S/C15H20N2O4S/c1-5-14(12-6-8-13(20-4)9-7-12)17-22(18,19)15-10(2)16-21-11(15)3/h6-9,14,17H,5H2,1-4H3. The number of nitrogens with one attached hydrogen (secondary N) is 1. The highest BCUT2D eigenvalue weighted by molar-refractivity contribution is 7.89. The Labute approximate surface area is 130 Å². The molecule has 0 aliphatic carbocycles. The maximum absolute atomic E-state index is 12.6. The van der Waals surface area contributed by atoms with E-state index in [-0.39, 0.29) is 16.7 Å². The average Bonchev–Trinajstić information content (AvgIpc) is 2.84. The van der Waals surface area contributed by atoms with Crippen molar-refractivity contribution in [1.29, 1.82) is 0 Å². The fourth-order valence-electron chi connectivity index (χ4n) is 2.33. The van der Waals surface area contributed by atoms with Crippen LogP contribution in [0.5, 0.6) is 5.75 Å². The molecule has 0 spiro atoms. The van der Waals surface area contributed by atoms with Crippen LogP contribution in [0.25, 0.3) is 0 Å². The summed E-state index contributed by atoms with van der Waals surface area (Å²) in [4.78, 5) is 0.111. The Bertz CT molecular complexity index is 716. The fourth-order valence-corrected chi connectivity index (χ4v) is 3.96. The molecule has 6 nitrogen and oxygen atoms in total. The van der Waals surface area contributed by atoms with Gasteiger partial charge in [0.05, 0.1) is 7.11 Å². The smallest absolute Gasteiger partial charge is 0.246 e. The van der Waals surface area contributed by atoms with Crippen LogP contribution >= 0.6 is 0 Å². The molecule has 0 saturated carbocycles. The van der Waals surface area contributed by atoms with Crippen LogP contribution in [0, 0.1) is 13.8 Å². The highest BCUT2D eigenvalue weighted by Crippen LogP contribution is 2.25. The molecule has 2 rings (SSSR count). The van der Waals surface area contributed by atoms with E-state index in [1.54, 1.807) is 21.0 Å². The Hall–Kier alpha value is -1.86. The van der Waals surface area contributed by atoms with Crippen molar-refractivity contribution in [2.24, 2.45) is 0 Å². The quantitative estimate of drug-likeness (QED) is 0.883. The van der Waals surface area contributed by atoms with Gasteiger partial charge >= 0.3 is 0 Å². The minimum Gasteiger partial charge on any atom is -0.497 e. The lowest BCUT2D eigenvalue weighted by Crippen LogP contribution is -2.29. The summed E-state index contributed by atoms with van der Waals surface area (Å²) in [6, 6.07) is 6.99. The van der Waals surface area contributed by atoms with Gasteiger partial charge in [-0.25, -0.2) is 13.1 Å². The molecule has 0 aliphatic rings. The van der Waals surface area contributed by atoms with Gasteiger partial charge in [-0.1, -0.05) is 24.2 Å². The first-order chi connectivity index (χ1) is 10.4. The third-order valence-corrected chi connectivity index (χ3v) is 5.18. The van der Waals surface area contributed by atoms with Crippen molar-refractivity contribution in [3.8, 4) is 5.75 Å². The maximum Gasteiger partial charge on any atom is 0.246 e. The summed E-state index contributed by atoms with van der Waals surface area (Å²) in [7, 11) is -2.10.